The van der Waals surface area contributed by atoms with Gasteiger partial charge < -0.3 is 10.6 Å². The number of nitrogens with two attached hydrogens (primary N) is 1. The van der Waals surface area contributed by atoms with Crippen molar-refractivity contribution in [2.75, 3.05) is 18.0 Å². The second-order valence-electron chi connectivity index (χ2n) is 3.06. The van der Waals surface area contributed by atoms with Gasteiger partial charge in [0, 0.05) is 25.3 Å². The topological polar surface area (TPSA) is 55.0 Å². The number of nitrogens with zero attached hydrogens (tertiary/aromatic N) is 3. The first kappa shape index (κ1) is 13.4. The van der Waals surface area contributed by atoms with Crippen LogP contribution in [0.15, 0.2) is 18.6 Å². The van der Waals surface area contributed by atoms with Crippen molar-refractivity contribution in [3.63, 3.8) is 0 Å². The van der Waals surface area contributed by atoms with Crippen LogP contribution in [0.2, 0.25) is 0 Å². The molecule has 2 heterocycles. The zero-order valence-corrected chi connectivity index (χ0v) is 9.30. The van der Waals surface area contributed by atoms with Gasteiger partial charge in [-0.05, 0) is 12.5 Å². The van der Waals surface area contributed by atoms with Crippen LogP contribution in [0.5, 0.6) is 0 Å². The highest BCUT2D eigenvalue weighted by atomic mass is 35.5. The molecule has 0 aliphatic carbocycles. The van der Waals surface area contributed by atoms with Crippen LogP contribution in [0.25, 0.3) is 0 Å². The normalized spacial score (nSPS) is 19.8. The molecule has 0 spiro atoms. The standard InChI is InChI=1S/C8H12N4.2ClH/c9-7-2-4-12(5-7)8-1-3-10-6-11-8;;/h1,3,6-7H,2,4-5,9H2;2*1H/t7-;;/m1../s1. The van der Waals surface area contributed by atoms with Crippen molar-refractivity contribution in [1.82, 2.24) is 9.97 Å². The second kappa shape index (κ2) is 6.01. The van der Waals surface area contributed by atoms with E-state index in [-0.39, 0.29) is 24.8 Å². The number of hydrogen-bond donors (Lipinski definition) is 1. The van der Waals surface area contributed by atoms with E-state index in [0.29, 0.717) is 6.04 Å². The molecule has 0 aromatic carbocycles. The molecule has 1 aliphatic rings. The van der Waals surface area contributed by atoms with Gasteiger partial charge in [0.1, 0.15) is 12.1 Å². The number of aromatic nitrogens is 2. The van der Waals surface area contributed by atoms with Gasteiger partial charge in [-0.15, -0.1) is 24.8 Å². The fourth-order valence-electron chi connectivity index (χ4n) is 1.47. The monoisotopic (exact) mass is 236 g/mol. The van der Waals surface area contributed by atoms with Crippen LogP contribution in [0, 0.1) is 0 Å². The molecule has 0 unspecified atom stereocenters. The van der Waals surface area contributed by atoms with Gasteiger partial charge in [-0.25, -0.2) is 9.97 Å². The molecule has 1 aliphatic heterocycles. The summed E-state index contributed by atoms with van der Waals surface area (Å²) < 4.78 is 0. The first-order valence-electron chi connectivity index (χ1n) is 4.13. The Labute approximate surface area is 95.7 Å². The van der Waals surface area contributed by atoms with Crippen molar-refractivity contribution in [3.05, 3.63) is 18.6 Å². The van der Waals surface area contributed by atoms with E-state index in [1.54, 1.807) is 12.5 Å². The van der Waals surface area contributed by atoms with E-state index in [1.807, 2.05) is 6.07 Å². The van der Waals surface area contributed by atoms with E-state index >= 15 is 0 Å². The summed E-state index contributed by atoms with van der Waals surface area (Å²) in [7, 11) is 0. The second-order valence-corrected chi connectivity index (χ2v) is 3.06. The van der Waals surface area contributed by atoms with Crippen molar-refractivity contribution >= 4 is 30.6 Å². The van der Waals surface area contributed by atoms with Crippen LogP contribution in [0.3, 0.4) is 0 Å². The predicted molar refractivity (Wildman–Crippen MR) is 61.3 cm³/mol. The Morgan fingerprint density at radius 1 is 1.43 bits per heavy atom. The summed E-state index contributed by atoms with van der Waals surface area (Å²) in [5.74, 6) is 0.984. The number of anilines is 1. The van der Waals surface area contributed by atoms with Crippen molar-refractivity contribution < 1.29 is 0 Å². The fraction of sp³-hybridized carbons (Fsp3) is 0.500. The van der Waals surface area contributed by atoms with Gasteiger partial charge in [0.05, 0.1) is 0 Å². The van der Waals surface area contributed by atoms with E-state index in [0.717, 1.165) is 25.3 Å². The first-order chi connectivity index (χ1) is 5.86. The van der Waals surface area contributed by atoms with Gasteiger partial charge in [-0.1, -0.05) is 0 Å². The maximum Gasteiger partial charge on any atom is 0.131 e. The van der Waals surface area contributed by atoms with Crippen molar-refractivity contribution in [1.29, 1.82) is 0 Å². The van der Waals surface area contributed by atoms with Gasteiger partial charge in [-0.3, -0.25) is 0 Å². The van der Waals surface area contributed by atoms with Gasteiger partial charge in [0.2, 0.25) is 0 Å². The number of halogens is 2. The van der Waals surface area contributed by atoms with E-state index < -0.39 is 0 Å². The Bertz CT molecular complexity index is 257. The van der Waals surface area contributed by atoms with Crippen molar-refractivity contribution in [2.45, 2.75) is 12.5 Å². The molecule has 6 heteroatoms. The largest absolute Gasteiger partial charge is 0.355 e. The Morgan fingerprint density at radius 2 is 2.21 bits per heavy atom. The summed E-state index contributed by atoms with van der Waals surface area (Å²) in [6, 6.07) is 2.22. The highest BCUT2D eigenvalue weighted by Gasteiger charge is 2.19. The van der Waals surface area contributed by atoms with Gasteiger partial charge in [-0.2, -0.15) is 0 Å². The molecule has 2 N–H and O–H groups in total. The minimum Gasteiger partial charge on any atom is -0.355 e. The molecular formula is C8H14Cl2N4. The number of rotatable bonds is 1. The highest BCUT2D eigenvalue weighted by Crippen LogP contribution is 2.14. The van der Waals surface area contributed by atoms with Crippen molar-refractivity contribution in [3.8, 4) is 0 Å². The lowest BCUT2D eigenvalue weighted by atomic mass is 10.3. The van der Waals surface area contributed by atoms with E-state index in [9.17, 15) is 0 Å². The smallest absolute Gasteiger partial charge is 0.131 e. The van der Waals surface area contributed by atoms with Crippen molar-refractivity contribution in [2.24, 2.45) is 5.73 Å². The zero-order valence-electron chi connectivity index (χ0n) is 7.67. The average molecular weight is 237 g/mol. The van der Waals surface area contributed by atoms with Gasteiger partial charge >= 0.3 is 0 Å². The minimum absolute atomic E-state index is 0. The van der Waals surface area contributed by atoms with Crippen LogP contribution >= 0.6 is 24.8 Å². The van der Waals surface area contributed by atoms with Crippen LogP contribution < -0.4 is 10.6 Å². The van der Waals surface area contributed by atoms with E-state index in [2.05, 4.69) is 14.9 Å². The Balaban J connectivity index is 0.000000845. The maximum absolute atomic E-state index is 5.78. The Kier molecular flexibility index (Phi) is 5.76. The minimum atomic E-state index is 0. The molecule has 0 amide bonds. The van der Waals surface area contributed by atoms with Crippen LogP contribution in [-0.4, -0.2) is 29.1 Å². The molecule has 1 saturated heterocycles. The maximum atomic E-state index is 5.78. The summed E-state index contributed by atoms with van der Waals surface area (Å²) in [4.78, 5) is 10.2. The summed E-state index contributed by atoms with van der Waals surface area (Å²) in [6.07, 6.45) is 4.38. The molecule has 4 nitrogen and oxygen atoms in total. The SMILES string of the molecule is Cl.Cl.N[C@@H]1CCN(c2ccncn2)C1. The summed E-state index contributed by atoms with van der Waals surface area (Å²) in [5.41, 5.74) is 5.78. The molecule has 1 fully saturated rings. The zero-order chi connectivity index (χ0) is 8.39. The van der Waals surface area contributed by atoms with Gasteiger partial charge in [0.25, 0.3) is 0 Å². The predicted octanol–water partition coefficient (Wildman–Crippen LogP) is 0.858. The molecule has 0 saturated carbocycles. The van der Waals surface area contributed by atoms with E-state index in [4.69, 9.17) is 5.73 Å². The number of hydrogen-bond acceptors (Lipinski definition) is 4. The van der Waals surface area contributed by atoms with Crippen LogP contribution in [0.1, 0.15) is 6.42 Å². The molecule has 0 bridgehead atoms. The third-order valence-electron chi connectivity index (χ3n) is 2.12. The lowest BCUT2D eigenvalue weighted by Crippen LogP contribution is -2.26. The lowest BCUT2D eigenvalue weighted by molar-refractivity contribution is 0.751. The quantitative estimate of drug-likeness (QED) is 0.787. The molecule has 80 valence electrons. The molecule has 0 radical (unpaired) electrons. The first-order valence-corrected chi connectivity index (χ1v) is 4.13. The van der Waals surface area contributed by atoms with Crippen LogP contribution in [-0.2, 0) is 0 Å². The summed E-state index contributed by atoms with van der Waals surface area (Å²) >= 11 is 0. The molecule has 1 aromatic heterocycles. The van der Waals surface area contributed by atoms with Gasteiger partial charge in [0.15, 0.2) is 0 Å². The third kappa shape index (κ3) is 2.97. The van der Waals surface area contributed by atoms with Crippen LogP contribution in [0.4, 0.5) is 5.82 Å². The molecule has 1 atom stereocenters. The fourth-order valence-corrected chi connectivity index (χ4v) is 1.47. The molecule has 2 rings (SSSR count). The summed E-state index contributed by atoms with van der Waals surface area (Å²) in [5, 5.41) is 0. The highest BCUT2D eigenvalue weighted by molar-refractivity contribution is 5.85. The average Bonchev–Trinajstić information content (AvgIpc) is 2.54. The Hall–Kier alpha value is -0.580. The lowest BCUT2D eigenvalue weighted by Gasteiger charge is -2.15. The summed E-state index contributed by atoms with van der Waals surface area (Å²) in [6.45, 7) is 1.93. The molecular weight excluding hydrogens is 223 g/mol. The molecule has 1 aromatic rings. The van der Waals surface area contributed by atoms with E-state index in [1.165, 1.54) is 0 Å². The third-order valence-corrected chi connectivity index (χ3v) is 2.12. The Morgan fingerprint density at radius 3 is 2.71 bits per heavy atom. The molecule has 14 heavy (non-hydrogen) atoms.